The maximum atomic E-state index is 10.5. The maximum absolute atomic E-state index is 10.5. The Bertz CT molecular complexity index is 329. The normalized spacial score (nSPS) is 16.6. The number of ether oxygens (including phenoxy) is 1. The van der Waals surface area contributed by atoms with E-state index in [1.807, 2.05) is 0 Å². The first-order chi connectivity index (χ1) is 6.75. The molecule has 0 bridgehead atoms. The van der Waals surface area contributed by atoms with Crippen LogP contribution in [-0.4, -0.2) is 30.0 Å². The molecule has 1 aliphatic heterocycles. The molecule has 1 aliphatic rings. The molecule has 1 saturated heterocycles. The van der Waals surface area contributed by atoms with Crippen LogP contribution in [0.2, 0.25) is 0 Å². The van der Waals surface area contributed by atoms with Crippen molar-refractivity contribution in [1.29, 1.82) is 0 Å². The third-order valence-corrected chi connectivity index (χ3v) is 3.10. The topological polar surface area (TPSA) is 59.7 Å². The van der Waals surface area contributed by atoms with Crippen LogP contribution in [0.5, 0.6) is 0 Å². The number of hydrogen-bond donors (Lipinski definition) is 1. The van der Waals surface area contributed by atoms with E-state index in [4.69, 9.17) is 14.3 Å². The quantitative estimate of drug-likeness (QED) is 0.773. The van der Waals surface area contributed by atoms with Gasteiger partial charge in [0.15, 0.2) is 5.09 Å². The zero-order valence-electron chi connectivity index (χ0n) is 7.43. The summed E-state index contributed by atoms with van der Waals surface area (Å²) in [7, 11) is 0. The molecule has 0 aliphatic carbocycles. The van der Waals surface area contributed by atoms with Crippen LogP contribution in [0.15, 0.2) is 21.6 Å². The first-order valence-electron chi connectivity index (χ1n) is 4.29. The molecule has 76 valence electrons. The van der Waals surface area contributed by atoms with Gasteiger partial charge in [-0.3, -0.25) is 0 Å². The molecule has 2 rings (SSSR count). The van der Waals surface area contributed by atoms with E-state index in [-0.39, 0.29) is 5.76 Å². The highest BCUT2D eigenvalue weighted by Crippen LogP contribution is 2.25. The Balaban J connectivity index is 1.86. The van der Waals surface area contributed by atoms with E-state index in [2.05, 4.69) is 0 Å². The van der Waals surface area contributed by atoms with Crippen LogP contribution >= 0.6 is 11.8 Å². The Morgan fingerprint density at radius 3 is 2.86 bits per heavy atom. The van der Waals surface area contributed by atoms with Crippen molar-refractivity contribution >= 4 is 17.7 Å². The molecule has 14 heavy (non-hydrogen) atoms. The Labute approximate surface area is 85.2 Å². The van der Waals surface area contributed by atoms with Crippen LogP contribution in [0.3, 0.4) is 0 Å². The van der Waals surface area contributed by atoms with Gasteiger partial charge in [-0.1, -0.05) is 11.8 Å². The fraction of sp³-hybridized carbons (Fsp3) is 0.444. The van der Waals surface area contributed by atoms with Crippen LogP contribution < -0.4 is 0 Å². The smallest absolute Gasteiger partial charge is 0.371 e. The summed E-state index contributed by atoms with van der Waals surface area (Å²) in [6, 6.07) is 3.16. The highest BCUT2D eigenvalue weighted by atomic mass is 32.2. The summed E-state index contributed by atoms with van der Waals surface area (Å²) in [5, 5.41) is 9.27. The molecular formula is C9H10O4S. The molecule has 5 heteroatoms. The lowest BCUT2D eigenvalue weighted by Crippen LogP contribution is -2.29. The molecule has 1 fully saturated rings. The second-order valence-electron chi connectivity index (χ2n) is 3.14. The lowest BCUT2D eigenvalue weighted by atomic mass is 10.1. The number of carbonyl (C=O) groups is 1. The van der Waals surface area contributed by atoms with E-state index in [9.17, 15) is 4.79 Å². The predicted octanol–water partition coefficient (Wildman–Crippen LogP) is 1.72. The van der Waals surface area contributed by atoms with Crippen molar-refractivity contribution in [1.82, 2.24) is 0 Å². The Morgan fingerprint density at radius 1 is 1.57 bits per heavy atom. The molecular weight excluding hydrogens is 204 g/mol. The van der Waals surface area contributed by atoms with E-state index in [1.54, 1.807) is 6.07 Å². The van der Waals surface area contributed by atoms with Crippen LogP contribution in [0.4, 0.5) is 0 Å². The van der Waals surface area contributed by atoms with Gasteiger partial charge >= 0.3 is 5.97 Å². The zero-order valence-corrected chi connectivity index (χ0v) is 8.25. The molecule has 1 aromatic rings. The third kappa shape index (κ3) is 2.10. The molecule has 0 spiro atoms. The molecule has 1 N–H and O–H groups in total. The van der Waals surface area contributed by atoms with Crippen molar-refractivity contribution in [3.8, 4) is 0 Å². The van der Waals surface area contributed by atoms with E-state index < -0.39 is 5.97 Å². The van der Waals surface area contributed by atoms with Crippen molar-refractivity contribution in [2.24, 2.45) is 5.92 Å². The molecule has 0 atom stereocenters. The number of aromatic carboxylic acids is 1. The molecule has 4 nitrogen and oxygen atoms in total. The fourth-order valence-electron chi connectivity index (χ4n) is 1.09. The van der Waals surface area contributed by atoms with Crippen molar-refractivity contribution in [2.75, 3.05) is 19.0 Å². The number of thioether (sulfide) groups is 1. The summed E-state index contributed by atoms with van der Waals surface area (Å²) in [5.74, 6) is 0.478. The summed E-state index contributed by atoms with van der Waals surface area (Å²) in [5.41, 5.74) is 0. The number of rotatable bonds is 4. The van der Waals surface area contributed by atoms with Crippen LogP contribution in [-0.2, 0) is 4.74 Å². The first-order valence-corrected chi connectivity index (χ1v) is 5.28. The molecule has 0 saturated carbocycles. The van der Waals surface area contributed by atoms with Gasteiger partial charge < -0.3 is 14.3 Å². The first kappa shape index (κ1) is 9.61. The van der Waals surface area contributed by atoms with Gasteiger partial charge in [0, 0.05) is 11.7 Å². The molecule has 0 radical (unpaired) electrons. The molecule has 2 heterocycles. The highest BCUT2D eigenvalue weighted by molar-refractivity contribution is 7.99. The number of furan rings is 1. The van der Waals surface area contributed by atoms with Crippen molar-refractivity contribution < 1.29 is 19.1 Å². The van der Waals surface area contributed by atoms with E-state index >= 15 is 0 Å². The summed E-state index contributed by atoms with van der Waals surface area (Å²) in [4.78, 5) is 10.5. The lowest BCUT2D eigenvalue weighted by Gasteiger charge is -2.24. The van der Waals surface area contributed by atoms with Gasteiger partial charge in [-0.2, -0.15) is 0 Å². The highest BCUT2D eigenvalue weighted by Gasteiger charge is 2.19. The van der Waals surface area contributed by atoms with Crippen molar-refractivity contribution in [3.05, 3.63) is 17.9 Å². The van der Waals surface area contributed by atoms with Crippen LogP contribution in [0, 0.1) is 5.92 Å². The molecule has 0 aromatic carbocycles. The molecule has 0 unspecified atom stereocenters. The summed E-state index contributed by atoms with van der Waals surface area (Å²) < 4.78 is 10.1. The Kier molecular flexibility index (Phi) is 2.79. The van der Waals surface area contributed by atoms with Crippen LogP contribution in [0.25, 0.3) is 0 Å². The van der Waals surface area contributed by atoms with Gasteiger partial charge in [0.2, 0.25) is 5.76 Å². The van der Waals surface area contributed by atoms with Gasteiger partial charge in [0.05, 0.1) is 13.2 Å². The maximum Gasteiger partial charge on any atom is 0.371 e. The average Bonchev–Trinajstić information content (AvgIpc) is 2.50. The summed E-state index contributed by atoms with van der Waals surface area (Å²) in [6.45, 7) is 1.61. The van der Waals surface area contributed by atoms with Gasteiger partial charge in [-0.25, -0.2) is 4.79 Å². The van der Waals surface area contributed by atoms with Gasteiger partial charge in [-0.15, -0.1) is 0 Å². The Hall–Kier alpha value is -0.940. The fourth-order valence-corrected chi connectivity index (χ4v) is 2.00. The zero-order chi connectivity index (χ0) is 9.97. The lowest BCUT2D eigenvalue weighted by molar-refractivity contribution is -0.0197. The van der Waals surface area contributed by atoms with Crippen LogP contribution in [0.1, 0.15) is 10.6 Å². The standard InChI is InChI=1S/C9H10O4S/c10-9(11)7-1-2-8(13-7)14-5-6-3-12-4-6/h1-2,6H,3-5H2,(H,10,11). The largest absolute Gasteiger partial charge is 0.475 e. The predicted molar refractivity (Wildman–Crippen MR) is 50.7 cm³/mol. The SMILES string of the molecule is O=C(O)c1ccc(SCC2COC2)o1. The van der Waals surface area contributed by atoms with E-state index in [0.717, 1.165) is 19.0 Å². The minimum Gasteiger partial charge on any atom is -0.475 e. The number of hydrogen-bond acceptors (Lipinski definition) is 4. The number of carboxylic acids is 1. The van der Waals surface area contributed by atoms with Gasteiger partial charge in [-0.05, 0) is 12.1 Å². The monoisotopic (exact) mass is 214 g/mol. The van der Waals surface area contributed by atoms with Crippen molar-refractivity contribution in [2.45, 2.75) is 5.09 Å². The van der Waals surface area contributed by atoms with E-state index in [0.29, 0.717) is 11.0 Å². The third-order valence-electron chi connectivity index (χ3n) is 1.96. The second-order valence-corrected chi connectivity index (χ2v) is 4.16. The minimum atomic E-state index is -1.02. The molecule has 1 aromatic heterocycles. The van der Waals surface area contributed by atoms with Gasteiger partial charge in [0.1, 0.15) is 0 Å². The molecule has 0 amide bonds. The minimum absolute atomic E-state index is 0.00244. The van der Waals surface area contributed by atoms with E-state index in [1.165, 1.54) is 17.8 Å². The average molecular weight is 214 g/mol. The summed E-state index contributed by atoms with van der Waals surface area (Å²) >= 11 is 1.53. The van der Waals surface area contributed by atoms with Crippen molar-refractivity contribution in [3.63, 3.8) is 0 Å². The summed E-state index contributed by atoms with van der Waals surface area (Å²) in [6.07, 6.45) is 0. The van der Waals surface area contributed by atoms with Gasteiger partial charge in [0.25, 0.3) is 0 Å². The number of carboxylic acid groups (broad SMARTS) is 1. The Morgan fingerprint density at radius 2 is 2.36 bits per heavy atom. The second kappa shape index (κ2) is 4.06.